The summed E-state index contributed by atoms with van der Waals surface area (Å²) in [5.41, 5.74) is 5.92. The second kappa shape index (κ2) is 9.96. The molecule has 2 saturated heterocycles. The van der Waals surface area contributed by atoms with Crippen LogP contribution in [0, 0.1) is 13.8 Å². The van der Waals surface area contributed by atoms with Gasteiger partial charge < -0.3 is 19.1 Å². The van der Waals surface area contributed by atoms with Crippen LogP contribution in [0.4, 0.5) is 5.69 Å². The standard InChI is InChI=1S/C25H27N3O6/c1-16-4-6-19(12-17(16)2)28-25(31)20(24(30)26-28)13-18-5-7-21(22(14-18)32-3)34-15-23(29)27-8-10-33-11-9-27/h4-7,12-14H,8-11,15H2,1-3H3,(H,26,30)/b20-13-. The lowest BCUT2D eigenvalue weighted by molar-refractivity contribution is -0.137. The van der Waals surface area contributed by atoms with Gasteiger partial charge >= 0.3 is 0 Å². The minimum Gasteiger partial charge on any atom is -0.493 e. The second-order valence-corrected chi connectivity index (χ2v) is 8.10. The van der Waals surface area contributed by atoms with E-state index in [4.69, 9.17) is 14.2 Å². The van der Waals surface area contributed by atoms with Gasteiger partial charge in [-0.25, -0.2) is 5.01 Å². The van der Waals surface area contributed by atoms with Crippen LogP contribution in [0.2, 0.25) is 0 Å². The van der Waals surface area contributed by atoms with Gasteiger partial charge in [0.15, 0.2) is 18.1 Å². The number of amides is 3. The van der Waals surface area contributed by atoms with Crippen molar-refractivity contribution in [2.75, 3.05) is 45.0 Å². The number of benzene rings is 2. The Bertz CT molecular complexity index is 1150. The smallest absolute Gasteiger partial charge is 0.282 e. The van der Waals surface area contributed by atoms with Gasteiger partial charge in [-0.05, 0) is 60.9 Å². The van der Waals surface area contributed by atoms with E-state index in [1.807, 2.05) is 26.0 Å². The fourth-order valence-corrected chi connectivity index (χ4v) is 3.71. The third-order valence-electron chi connectivity index (χ3n) is 5.85. The Morgan fingerprint density at radius 2 is 1.82 bits per heavy atom. The fourth-order valence-electron chi connectivity index (χ4n) is 3.71. The van der Waals surface area contributed by atoms with Gasteiger partial charge in [-0.1, -0.05) is 12.1 Å². The molecule has 2 heterocycles. The number of morpholine rings is 1. The van der Waals surface area contributed by atoms with Crippen LogP contribution in [0.15, 0.2) is 42.0 Å². The maximum Gasteiger partial charge on any atom is 0.282 e. The summed E-state index contributed by atoms with van der Waals surface area (Å²) < 4.78 is 16.3. The zero-order chi connectivity index (χ0) is 24.2. The fraction of sp³-hybridized carbons (Fsp3) is 0.320. The van der Waals surface area contributed by atoms with Gasteiger partial charge in [0.1, 0.15) is 5.57 Å². The Morgan fingerprint density at radius 1 is 1.06 bits per heavy atom. The molecule has 0 aliphatic carbocycles. The normalized spacial score (nSPS) is 17.2. The first-order valence-electron chi connectivity index (χ1n) is 11.0. The number of hydrogen-bond acceptors (Lipinski definition) is 6. The number of ether oxygens (including phenoxy) is 3. The summed E-state index contributed by atoms with van der Waals surface area (Å²) in [6.45, 7) is 5.93. The lowest BCUT2D eigenvalue weighted by atomic mass is 10.1. The van der Waals surface area contributed by atoms with Crippen molar-refractivity contribution in [3.05, 3.63) is 58.7 Å². The van der Waals surface area contributed by atoms with Crippen molar-refractivity contribution in [2.45, 2.75) is 13.8 Å². The Hall–Kier alpha value is -3.85. The van der Waals surface area contributed by atoms with Crippen molar-refractivity contribution >= 4 is 29.5 Å². The number of carbonyl (C=O) groups excluding carboxylic acids is 3. The van der Waals surface area contributed by atoms with Crippen LogP contribution < -0.4 is 19.9 Å². The van der Waals surface area contributed by atoms with Gasteiger partial charge in [-0.15, -0.1) is 0 Å². The van der Waals surface area contributed by atoms with Gasteiger partial charge in [0.2, 0.25) is 0 Å². The molecule has 0 bridgehead atoms. The average Bonchev–Trinajstić information content (AvgIpc) is 3.13. The molecule has 2 aliphatic heterocycles. The highest BCUT2D eigenvalue weighted by molar-refractivity contribution is 6.31. The number of carbonyl (C=O) groups is 3. The summed E-state index contributed by atoms with van der Waals surface area (Å²) in [4.78, 5) is 39.5. The van der Waals surface area contributed by atoms with E-state index in [1.54, 1.807) is 29.2 Å². The van der Waals surface area contributed by atoms with E-state index in [0.29, 0.717) is 49.1 Å². The molecule has 1 N–H and O–H groups in total. The lowest BCUT2D eigenvalue weighted by Crippen LogP contribution is -2.43. The van der Waals surface area contributed by atoms with Crippen molar-refractivity contribution < 1.29 is 28.6 Å². The third kappa shape index (κ3) is 4.89. The zero-order valence-electron chi connectivity index (χ0n) is 19.4. The number of nitrogens with zero attached hydrogens (tertiary/aromatic N) is 2. The van der Waals surface area contributed by atoms with Crippen molar-refractivity contribution in [1.82, 2.24) is 10.3 Å². The zero-order valence-corrected chi connectivity index (χ0v) is 19.4. The molecule has 2 fully saturated rings. The van der Waals surface area contributed by atoms with E-state index >= 15 is 0 Å². The number of methoxy groups -OCH3 is 1. The highest BCUT2D eigenvalue weighted by Gasteiger charge is 2.34. The molecule has 0 atom stereocenters. The van der Waals surface area contributed by atoms with E-state index in [0.717, 1.165) is 11.1 Å². The first-order valence-corrected chi connectivity index (χ1v) is 11.0. The number of hydrazine groups is 1. The Labute approximate surface area is 197 Å². The Morgan fingerprint density at radius 3 is 2.53 bits per heavy atom. The monoisotopic (exact) mass is 465 g/mol. The van der Waals surface area contributed by atoms with Crippen LogP contribution in [0.3, 0.4) is 0 Å². The quantitative estimate of drug-likeness (QED) is 0.518. The molecule has 0 unspecified atom stereocenters. The predicted octanol–water partition coefficient (Wildman–Crippen LogP) is 2.01. The van der Waals surface area contributed by atoms with Gasteiger partial charge in [0, 0.05) is 13.1 Å². The average molecular weight is 466 g/mol. The molecule has 3 amide bonds. The minimum atomic E-state index is -0.487. The second-order valence-electron chi connectivity index (χ2n) is 8.10. The molecule has 0 radical (unpaired) electrons. The molecule has 9 heteroatoms. The predicted molar refractivity (Wildman–Crippen MR) is 125 cm³/mol. The lowest BCUT2D eigenvalue weighted by Gasteiger charge is -2.26. The number of hydrogen-bond donors (Lipinski definition) is 1. The summed E-state index contributed by atoms with van der Waals surface area (Å²) in [6, 6.07) is 10.5. The summed E-state index contributed by atoms with van der Waals surface area (Å²) >= 11 is 0. The third-order valence-corrected chi connectivity index (χ3v) is 5.85. The Kier molecular flexibility index (Phi) is 6.83. The highest BCUT2D eigenvalue weighted by Crippen LogP contribution is 2.30. The van der Waals surface area contributed by atoms with Gasteiger partial charge in [0.05, 0.1) is 26.0 Å². The van der Waals surface area contributed by atoms with E-state index in [9.17, 15) is 14.4 Å². The van der Waals surface area contributed by atoms with E-state index in [2.05, 4.69) is 5.43 Å². The molecule has 2 aromatic rings. The summed E-state index contributed by atoms with van der Waals surface area (Å²) in [5.74, 6) is -0.273. The van der Waals surface area contributed by atoms with Gasteiger partial charge in [-0.2, -0.15) is 0 Å². The molecule has 0 spiro atoms. The molecule has 0 saturated carbocycles. The molecule has 2 aliphatic rings. The maximum absolute atomic E-state index is 12.9. The van der Waals surface area contributed by atoms with E-state index in [-0.39, 0.29) is 18.1 Å². The summed E-state index contributed by atoms with van der Waals surface area (Å²) in [7, 11) is 1.48. The SMILES string of the molecule is COc1cc(/C=C2/C(=O)NN(c3ccc(C)c(C)c3)C2=O)ccc1OCC(=O)N1CCOCC1. The van der Waals surface area contributed by atoms with Crippen molar-refractivity contribution in [3.8, 4) is 11.5 Å². The first kappa shape index (κ1) is 23.3. The number of aryl methyl sites for hydroxylation is 2. The van der Waals surface area contributed by atoms with E-state index in [1.165, 1.54) is 18.2 Å². The summed E-state index contributed by atoms with van der Waals surface area (Å²) in [5, 5.41) is 1.24. The molecule has 178 valence electrons. The van der Waals surface area contributed by atoms with Crippen LogP contribution in [0.1, 0.15) is 16.7 Å². The number of rotatable bonds is 6. The van der Waals surface area contributed by atoms with Crippen molar-refractivity contribution in [2.24, 2.45) is 0 Å². The van der Waals surface area contributed by atoms with Crippen LogP contribution in [-0.4, -0.2) is 62.6 Å². The van der Waals surface area contributed by atoms with Crippen molar-refractivity contribution in [1.29, 1.82) is 0 Å². The summed E-state index contributed by atoms with van der Waals surface area (Å²) in [6.07, 6.45) is 1.50. The first-order chi connectivity index (χ1) is 16.4. The Balaban J connectivity index is 1.48. The van der Waals surface area contributed by atoms with Gasteiger partial charge in [0.25, 0.3) is 17.7 Å². The molecular weight excluding hydrogens is 438 g/mol. The van der Waals surface area contributed by atoms with Crippen LogP contribution in [0.5, 0.6) is 11.5 Å². The van der Waals surface area contributed by atoms with Crippen LogP contribution in [-0.2, 0) is 19.1 Å². The van der Waals surface area contributed by atoms with Crippen LogP contribution >= 0.6 is 0 Å². The molecule has 4 rings (SSSR count). The highest BCUT2D eigenvalue weighted by atomic mass is 16.5. The minimum absolute atomic E-state index is 0.0106. The molecular formula is C25H27N3O6. The van der Waals surface area contributed by atoms with E-state index < -0.39 is 11.8 Å². The molecule has 34 heavy (non-hydrogen) atoms. The largest absolute Gasteiger partial charge is 0.493 e. The maximum atomic E-state index is 12.9. The molecule has 0 aromatic heterocycles. The van der Waals surface area contributed by atoms with Gasteiger partial charge in [-0.3, -0.25) is 19.8 Å². The van der Waals surface area contributed by atoms with Crippen LogP contribution in [0.25, 0.3) is 6.08 Å². The molecule has 9 nitrogen and oxygen atoms in total. The molecule has 2 aromatic carbocycles. The van der Waals surface area contributed by atoms with Crippen molar-refractivity contribution in [3.63, 3.8) is 0 Å². The number of nitrogens with one attached hydrogen (secondary N) is 1. The number of anilines is 1. The topological polar surface area (TPSA) is 97.4 Å².